The van der Waals surface area contributed by atoms with E-state index in [2.05, 4.69) is 10.9 Å². The molecule has 9 nitrogen and oxygen atoms in total. The van der Waals surface area contributed by atoms with Crippen LogP contribution in [-0.2, 0) is 19.1 Å². The number of amides is 3. The van der Waals surface area contributed by atoms with Crippen LogP contribution in [0.4, 0.5) is 5.69 Å². The van der Waals surface area contributed by atoms with E-state index >= 15 is 0 Å². The molecule has 0 aliphatic carbocycles. The lowest BCUT2D eigenvalue weighted by molar-refractivity contribution is -0.152. The third-order valence-corrected chi connectivity index (χ3v) is 4.95. The standard InChI is InChI=1S/C21H20ClN3O6/c1-30-15-8-6-14(7-9-15)25-11-13(10-19(25)27)21(29)31-12-18(26)23-24-20(28)16-4-2-3-5-17(16)22/h2-9,13H,10-12H2,1H3,(H,23,26)(H,24,28)/t13-/m0/s1. The van der Waals surface area contributed by atoms with Crippen molar-refractivity contribution in [1.82, 2.24) is 10.9 Å². The summed E-state index contributed by atoms with van der Waals surface area (Å²) in [5, 5.41) is 0.230. The Hall–Kier alpha value is -3.59. The Labute approximate surface area is 183 Å². The second kappa shape index (κ2) is 9.94. The van der Waals surface area contributed by atoms with Gasteiger partial charge in [-0.3, -0.25) is 30.0 Å². The summed E-state index contributed by atoms with van der Waals surface area (Å²) >= 11 is 5.91. The van der Waals surface area contributed by atoms with Crippen LogP contribution in [0.2, 0.25) is 5.02 Å². The molecule has 0 radical (unpaired) electrons. The van der Waals surface area contributed by atoms with Gasteiger partial charge in [-0.15, -0.1) is 0 Å². The van der Waals surface area contributed by atoms with Gasteiger partial charge < -0.3 is 14.4 Å². The number of ether oxygens (including phenoxy) is 2. The van der Waals surface area contributed by atoms with Crippen molar-refractivity contribution in [2.45, 2.75) is 6.42 Å². The van der Waals surface area contributed by atoms with E-state index in [4.69, 9.17) is 21.1 Å². The zero-order valence-electron chi connectivity index (χ0n) is 16.6. The number of hydrazine groups is 1. The lowest BCUT2D eigenvalue weighted by Crippen LogP contribution is -2.44. The van der Waals surface area contributed by atoms with Crippen LogP contribution in [0.3, 0.4) is 0 Å². The highest BCUT2D eigenvalue weighted by Crippen LogP contribution is 2.27. The zero-order chi connectivity index (χ0) is 22.4. The quantitative estimate of drug-likeness (QED) is 0.517. The molecule has 0 bridgehead atoms. The van der Waals surface area contributed by atoms with Gasteiger partial charge >= 0.3 is 5.97 Å². The molecule has 2 N–H and O–H groups in total. The summed E-state index contributed by atoms with van der Waals surface area (Å²) in [5.41, 5.74) is 5.16. The van der Waals surface area contributed by atoms with Gasteiger partial charge in [0.05, 0.1) is 23.6 Å². The monoisotopic (exact) mass is 445 g/mol. The van der Waals surface area contributed by atoms with Gasteiger partial charge in [-0.25, -0.2) is 0 Å². The molecule has 31 heavy (non-hydrogen) atoms. The van der Waals surface area contributed by atoms with E-state index in [9.17, 15) is 19.2 Å². The van der Waals surface area contributed by atoms with Crippen LogP contribution in [-0.4, -0.2) is 44.0 Å². The van der Waals surface area contributed by atoms with Crippen LogP contribution in [0, 0.1) is 5.92 Å². The fraction of sp³-hybridized carbons (Fsp3) is 0.238. The fourth-order valence-corrected chi connectivity index (χ4v) is 3.23. The maximum absolute atomic E-state index is 12.3. The number of esters is 1. The molecule has 1 atom stereocenters. The van der Waals surface area contributed by atoms with Gasteiger partial charge in [-0.05, 0) is 36.4 Å². The number of rotatable bonds is 6. The highest BCUT2D eigenvalue weighted by atomic mass is 35.5. The van der Waals surface area contributed by atoms with Crippen molar-refractivity contribution in [3.05, 3.63) is 59.1 Å². The van der Waals surface area contributed by atoms with Crippen molar-refractivity contribution >= 4 is 41.0 Å². The number of carbonyl (C=O) groups excluding carboxylic acids is 4. The van der Waals surface area contributed by atoms with E-state index in [-0.39, 0.29) is 29.5 Å². The summed E-state index contributed by atoms with van der Waals surface area (Å²) < 4.78 is 10.1. The molecule has 0 saturated carbocycles. The zero-order valence-corrected chi connectivity index (χ0v) is 17.3. The van der Waals surface area contributed by atoms with Gasteiger partial charge in [0.25, 0.3) is 11.8 Å². The Kier molecular flexibility index (Phi) is 7.09. The minimum absolute atomic E-state index is 0.0181. The Morgan fingerprint density at radius 3 is 2.48 bits per heavy atom. The van der Waals surface area contributed by atoms with Gasteiger partial charge in [0.1, 0.15) is 5.75 Å². The summed E-state index contributed by atoms with van der Waals surface area (Å²) in [5.74, 6) is -2.27. The van der Waals surface area contributed by atoms with Crippen molar-refractivity contribution in [2.75, 3.05) is 25.2 Å². The highest BCUT2D eigenvalue weighted by molar-refractivity contribution is 6.33. The molecule has 0 aromatic heterocycles. The third-order valence-electron chi connectivity index (χ3n) is 4.62. The number of anilines is 1. The Morgan fingerprint density at radius 2 is 1.81 bits per heavy atom. The van der Waals surface area contributed by atoms with E-state index in [0.717, 1.165) is 0 Å². The summed E-state index contributed by atoms with van der Waals surface area (Å²) in [6.45, 7) is -0.455. The number of nitrogens with zero attached hydrogens (tertiary/aromatic N) is 1. The molecule has 10 heteroatoms. The molecule has 1 aliphatic rings. The number of benzene rings is 2. The predicted octanol–water partition coefficient (Wildman–Crippen LogP) is 1.71. The third kappa shape index (κ3) is 5.52. The van der Waals surface area contributed by atoms with Gasteiger partial charge in [0.15, 0.2) is 6.61 Å². The van der Waals surface area contributed by atoms with E-state index in [0.29, 0.717) is 11.4 Å². The second-order valence-corrected chi connectivity index (χ2v) is 7.10. The molecular formula is C21H20ClN3O6. The molecule has 162 valence electrons. The molecule has 1 aliphatic heterocycles. The first-order valence-electron chi connectivity index (χ1n) is 9.34. The van der Waals surface area contributed by atoms with Crippen LogP contribution in [0.15, 0.2) is 48.5 Å². The lowest BCUT2D eigenvalue weighted by atomic mass is 10.1. The molecule has 3 rings (SSSR count). The minimum Gasteiger partial charge on any atom is -0.497 e. The smallest absolute Gasteiger partial charge is 0.311 e. The van der Waals surface area contributed by atoms with E-state index < -0.39 is 30.3 Å². The second-order valence-electron chi connectivity index (χ2n) is 6.69. The van der Waals surface area contributed by atoms with Crippen LogP contribution < -0.4 is 20.5 Å². The number of carbonyl (C=O) groups is 4. The van der Waals surface area contributed by atoms with Crippen LogP contribution in [0.25, 0.3) is 0 Å². The van der Waals surface area contributed by atoms with Crippen molar-refractivity contribution < 1.29 is 28.7 Å². The van der Waals surface area contributed by atoms with Crippen molar-refractivity contribution in [3.63, 3.8) is 0 Å². The molecule has 1 heterocycles. The van der Waals surface area contributed by atoms with Crippen LogP contribution in [0.5, 0.6) is 5.75 Å². The summed E-state index contributed by atoms with van der Waals surface area (Å²) in [4.78, 5) is 49.9. The molecule has 3 amide bonds. The molecule has 2 aromatic rings. The van der Waals surface area contributed by atoms with Gasteiger partial charge in [-0.1, -0.05) is 23.7 Å². The van der Waals surface area contributed by atoms with E-state index in [1.54, 1.807) is 43.5 Å². The van der Waals surface area contributed by atoms with Crippen LogP contribution in [0.1, 0.15) is 16.8 Å². The first-order valence-corrected chi connectivity index (χ1v) is 9.71. The molecule has 1 saturated heterocycles. The summed E-state index contributed by atoms with van der Waals surface area (Å²) in [6.07, 6.45) is -0.0181. The highest BCUT2D eigenvalue weighted by Gasteiger charge is 2.36. The maximum atomic E-state index is 12.3. The average Bonchev–Trinajstić information content (AvgIpc) is 3.17. The Balaban J connectivity index is 1.46. The number of methoxy groups -OCH3 is 1. The van der Waals surface area contributed by atoms with Gasteiger partial charge in [-0.2, -0.15) is 0 Å². The largest absolute Gasteiger partial charge is 0.497 e. The van der Waals surface area contributed by atoms with Gasteiger partial charge in [0, 0.05) is 18.7 Å². The maximum Gasteiger partial charge on any atom is 0.311 e. The molecule has 0 spiro atoms. The Morgan fingerprint density at radius 1 is 1.10 bits per heavy atom. The molecule has 0 unspecified atom stereocenters. The number of nitrogens with one attached hydrogen (secondary N) is 2. The van der Waals surface area contributed by atoms with Crippen molar-refractivity contribution in [3.8, 4) is 5.75 Å². The predicted molar refractivity (Wildman–Crippen MR) is 111 cm³/mol. The SMILES string of the molecule is COc1ccc(N2C[C@@H](C(=O)OCC(=O)NNC(=O)c3ccccc3Cl)CC2=O)cc1. The van der Waals surface area contributed by atoms with Crippen molar-refractivity contribution in [1.29, 1.82) is 0 Å². The van der Waals surface area contributed by atoms with Gasteiger partial charge in [0.2, 0.25) is 5.91 Å². The molecular weight excluding hydrogens is 426 g/mol. The number of hydrogen-bond acceptors (Lipinski definition) is 6. The normalized spacial score (nSPS) is 15.4. The van der Waals surface area contributed by atoms with E-state index in [1.807, 2.05) is 0 Å². The summed E-state index contributed by atoms with van der Waals surface area (Å²) in [7, 11) is 1.54. The van der Waals surface area contributed by atoms with Crippen LogP contribution >= 0.6 is 11.6 Å². The van der Waals surface area contributed by atoms with Crippen molar-refractivity contribution in [2.24, 2.45) is 5.92 Å². The first kappa shape index (κ1) is 22.1. The fourth-order valence-electron chi connectivity index (χ4n) is 3.01. The topological polar surface area (TPSA) is 114 Å². The Bertz CT molecular complexity index is 995. The molecule has 2 aromatic carbocycles. The summed E-state index contributed by atoms with van der Waals surface area (Å²) in [6, 6.07) is 13.2. The minimum atomic E-state index is -0.731. The molecule has 1 fully saturated rings. The lowest BCUT2D eigenvalue weighted by Gasteiger charge is -2.17. The number of hydrogen-bond donors (Lipinski definition) is 2. The average molecular weight is 446 g/mol. The number of halogens is 1. The van der Waals surface area contributed by atoms with E-state index in [1.165, 1.54) is 17.0 Å². The first-order chi connectivity index (χ1) is 14.9.